The molecule has 0 amide bonds. The molecule has 0 saturated carbocycles. The summed E-state index contributed by atoms with van der Waals surface area (Å²) in [6.07, 6.45) is -2.39. The van der Waals surface area contributed by atoms with Gasteiger partial charge in [0.25, 0.3) is 7.37 Å². The Labute approximate surface area is 229 Å². The maximum absolute atomic E-state index is 14.4. The van der Waals surface area contributed by atoms with Gasteiger partial charge in [-0.05, 0) is 28.8 Å². The molecule has 1 aliphatic rings. The van der Waals surface area contributed by atoms with Crippen molar-refractivity contribution in [2.24, 2.45) is 0 Å². The van der Waals surface area contributed by atoms with Crippen LogP contribution in [0.25, 0.3) is 0 Å². The van der Waals surface area contributed by atoms with E-state index in [1.54, 1.807) is 24.3 Å². The topological polar surface area (TPSA) is 74.2 Å². The van der Waals surface area contributed by atoms with E-state index in [9.17, 15) is 9.67 Å². The third-order valence-electron chi connectivity index (χ3n) is 6.70. The predicted octanol–water partition coefficient (Wildman–Crippen LogP) is 5.69. The SMILES string of the molecule is O=P1(c2ccccc2)O[C@H](COCc2ccccc2)[C@@H](OCc2ccccc2)[C@H](OCc2ccccc2)[C@@H]1O. The van der Waals surface area contributed by atoms with Crippen LogP contribution in [0.4, 0.5) is 0 Å². The minimum Gasteiger partial charge on any atom is -0.380 e. The molecule has 0 aromatic heterocycles. The Hall–Kier alpha value is -3.09. The Morgan fingerprint density at radius 2 is 1.05 bits per heavy atom. The molecular formula is C32H33O6P. The average molecular weight is 545 g/mol. The van der Waals surface area contributed by atoms with Crippen LogP contribution in [0.3, 0.4) is 0 Å². The lowest BCUT2D eigenvalue weighted by molar-refractivity contribution is -0.174. The summed E-state index contributed by atoms with van der Waals surface area (Å²) in [6, 6.07) is 38.1. The van der Waals surface area contributed by atoms with Crippen LogP contribution in [0.2, 0.25) is 0 Å². The van der Waals surface area contributed by atoms with Gasteiger partial charge in [0.2, 0.25) is 0 Å². The van der Waals surface area contributed by atoms with Crippen LogP contribution >= 0.6 is 7.37 Å². The number of hydrogen-bond acceptors (Lipinski definition) is 6. The summed E-state index contributed by atoms with van der Waals surface area (Å²) < 4.78 is 39.4. The van der Waals surface area contributed by atoms with Crippen LogP contribution in [0.1, 0.15) is 16.7 Å². The van der Waals surface area contributed by atoms with E-state index in [-0.39, 0.29) is 19.8 Å². The summed E-state index contributed by atoms with van der Waals surface area (Å²) in [5.74, 6) is -1.42. The van der Waals surface area contributed by atoms with Gasteiger partial charge in [0.1, 0.15) is 18.3 Å². The fraction of sp³-hybridized carbons (Fsp3) is 0.250. The standard InChI is InChI=1S/C32H33O6P/c33-32-31(37-23-27-17-9-3-10-18-27)30(36-22-26-15-7-2-8-16-26)29(24-35-21-25-13-5-1-6-14-25)38-39(32,34)28-19-11-4-12-20-28/h1-20,29-33H,21-24H2/t29-,30-,31+,32-,39?/m1/s1. The van der Waals surface area contributed by atoms with Gasteiger partial charge in [-0.3, -0.25) is 4.57 Å². The van der Waals surface area contributed by atoms with Gasteiger partial charge in [-0.25, -0.2) is 0 Å². The van der Waals surface area contributed by atoms with E-state index in [0.29, 0.717) is 11.9 Å². The molecule has 0 radical (unpaired) electrons. The number of aliphatic hydroxyl groups is 1. The Bertz CT molecular complexity index is 1320. The highest BCUT2D eigenvalue weighted by Gasteiger charge is 2.54. The normalized spacial score (nSPS) is 24.8. The fourth-order valence-corrected chi connectivity index (χ4v) is 7.02. The molecule has 0 spiro atoms. The number of ether oxygens (including phenoxy) is 3. The zero-order chi connectivity index (χ0) is 26.9. The van der Waals surface area contributed by atoms with E-state index in [0.717, 1.165) is 16.7 Å². The molecule has 1 saturated heterocycles. The maximum atomic E-state index is 14.4. The van der Waals surface area contributed by atoms with E-state index >= 15 is 0 Å². The van der Waals surface area contributed by atoms with Gasteiger partial charge in [-0.1, -0.05) is 109 Å². The molecule has 1 unspecified atom stereocenters. The second-order valence-corrected chi connectivity index (χ2v) is 12.0. The summed E-state index contributed by atoms with van der Waals surface area (Å²) in [5, 5.41) is 12.0. The molecule has 4 aromatic carbocycles. The van der Waals surface area contributed by atoms with Crippen molar-refractivity contribution >= 4 is 12.7 Å². The molecule has 0 bridgehead atoms. The minimum absolute atomic E-state index is 0.114. The highest BCUT2D eigenvalue weighted by atomic mass is 31.2. The van der Waals surface area contributed by atoms with Crippen LogP contribution in [-0.4, -0.2) is 35.9 Å². The molecule has 1 aliphatic heterocycles. The van der Waals surface area contributed by atoms with Crippen LogP contribution in [0, 0.1) is 0 Å². The van der Waals surface area contributed by atoms with Gasteiger partial charge < -0.3 is 23.8 Å². The molecule has 5 atom stereocenters. The minimum atomic E-state index is -3.76. The largest absolute Gasteiger partial charge is 0.380 e. The van der Waals surface area contributed by atoms with Crippen LogP contribution in [0.5, 0.6) is 0 Å². The molecule has 1 heterocycles. The molecule has 0 aliphatic carbocycles. The highest BCUT2D eigenvalue weighted by molar-refractivity contribution is 7.67. The lowest BCUT2D eigenvalue weighted by Crippen LogP contribution is -2.55. The van der Waals surface area contributed by atoms with Crippen LogP contribution < -0.4 is 5.30 Å². The Balaban J connectivity index is 1.43. The summed E-state index contributed by atoms with van der Waals surface area (Å²) in [6.45, 7) is 0.973. The molecular weight excluding hydrogens is 511 g/mol. The third-order valence-corrected chi connectivity index (χ3v) is 9.30. The van der Waals surface area contributed by atoms with Crippen molar-refractivity contribution in [3.63, 3.8) is 0 Å². The van der Waals surface area contributed by atoms with Crippen molar-refractivity contribution in [2.75, 3.05) is 6.61 Å². The molecule has 1 N–H and O–H groups in total. The summed E-state index contributed by atoms with van der Waals surface area (Å²) in [5.41, 5.74) is 2.91. The van der Waals surface area contributed by atoms with Crippen molar-refractivity contribution in [1.82, 2.24) is 0 Å². The van der Waals surface area contributed by atoms with Crippen molar-refractivity contribution in [3.8, 4) is 0 Å². The van der Waals surface area contributed by atoms with Crippen molar-refractivity contribution < 1.29 is 28.4 Å². The summed E-state index contributed by atoms with van der Waals surface area (Å²) in [4.78, 5) is 0. The molecule has 39 heavy (non-hydrogen) atoms. The first kappa shape index (κ1) is 27.5. The third kappa shape index (κ3) is 6.92. The van der Waals surface area contributed by atoms with Crippen molar-refractivity contribution in [2.45, 2.75) is 44.0 Å². The molecule has 4 aromatic rings. The van der Waals surface area contributed by atoms with Gasteiger partial charge in [-0.15, -0.1) is 0 Å². The Kier molecular flexibility index (Phi) is 9.38. The highest BCUT2D eigenvalue weighted by Crippen LogP contribution is 2.57. The number of rotatable bonds is 11. The van der Waals surface area contributed by atoms with Crippen molar-refractivity contribution in [1.29, 1.82) is 0 Å². The lowest BCUT2D eigenvalue weighted by Gasteiger charge is -2.44. The van der Waals surface area contributed by atoms with E-state index in [1.165, 1.54) is 0 Å². The van der Waals surface area contributed by atoms with Gasteiger partial charge in [0.15, 0.2) is 5.85 Å². The van der Waals surface area contributed by atoms with Gasteiger partial charge in [0.05, 0.1) is 26.4 Å². The first-order valence-corrected chi connectivity index (χ1v) is 14.8. The monoisotopic (exact) mass is 544 g/mol. The number of benzene rings is 4. The van der Waals surface area contributed by atoms with Crippen LogP contribution in [0.15, 0.2) is 121 Å². The first-order chi connectivity index (χ1) is 19.1. The van der Waals surface area contributed by atoms with E-state index in [2.05, 4.69) is 0 Å². The summed E-state index contributed by atoms with van der Waals surface area (Å²) in [7, 11) is -3.76. The molecule has 6 nitrogen and oxygen atoms in total. The van der Waals surface area contributed by atoms with E-state index < -0.39 is 31.5 Å². The molecule has 1 fully saturated rings. The predicted molar refractivity (Wildman–Crippen MR) is 151 cm³/mol. The summed E-state index contributed by atoms with van der Waals surface area (Å²) >= 11 is 0. The van der Waals surface area contributed by atoms with Crippen LogP contribution in [-0.2, 0) is 43.1 Å². The van der Waals surface area contributed by atoms with Gasteiger partial charge in [-0.2, -0.15) is 0 Å². The quantitative estimate of drug-likeness (QED) is 0.245. The smallest absolute Gasteiger partial charge is 0.262 e. The average Bonchev–Trinajstić information content (AvgIpc) is 2.99. The van der Waals surface area contributed by atoms with E-state index in [4.69, 9.17) is 18.7 Å². The Morgan fingerprint density at radius 3 is 1.56 bits per heavy atom. The number of hydrogen-bond donors (Lipinski definition) is 1. The second kappa shape index (κ2) is 13.3. The molecule has 202 valence electrons. The van der Waals surface area contributed by atoms with Crippen molar-refractivity contribution in [3.05, 3.63) is 138 Å². The Morgan fingerprint density at radius 1 is 0.615 bits per heavy atom. The molecule has 5 rings (SSSR count). The zero-order valence-corrected chi connectivity index (χ0v) is 22.5. The second-order valence-electron chi connectivity index (χ2n) is 9.51. The number of aliphatic hydroxyl groups excluding tert-OH is 1. The van der Waals surface area contributed by atoms with Gasteiger partial charge in [0, 0.05) is 5.30 Å². The van der Waals surface area contributed by atoms with Gasteiger partial charge >= 0.3 is 0 Å². The zero-order valence-electron chi connectivity index (χ0n) is 21.6. The van der Waals surface area contributed by atoms with E-state index in [1.807, 2.05) is 97.1 Å². The first-order valence-electron chi connectivity index (χ1n) is 13.1. The molecule has 7 heteroatoms. The maximum Gasteiger partial charge on any atom is 0.262 e. The fourth-order valence-electron chi connectivity index (χ4n) is 4.66. The lowest BCUT2D eigenvalue weighted by atomic mass is 10.1.